The standard InChI is InChI=1S/C15H22N4OS/c21-15(17-11-13-4-3-9-20-13)18-12-5-6-14(16-10-12)19-7-1-2-8-19/h5-6,10,13H,1-4,7-9,11H2,(H2,17,18,21)/t13-/m1/s1. The summed E-state index contributed by atoms with van der Waals surface area (Å²) in [5.74, 6) is 1.05. The summed E-state index contributed by atoms with van der Waals surface area (Å²) < 4.78 is 5.56. The van der Waals surface area contributed by atoms with Crippen molar-refractivity contribution in [3.63, 3.8) is 0 Å². The maximum atomic E-state index is 5.56. The van der Waals surface area contributed by atoms with Gasteiger partial charge in [0.25, 0.3) is 0 Å². The Kier molecular flexibility index (Phi) is 4.87. The van der Waals surface area contributed by atoms with Crippen molar-refractivity contribution in [2.75, 3.05) is 36.5 Å². The number of hydrogen-bond acceptors (Lipinski definition) is 4. The lowest BCUT2D eigenvalue weighted by atomic mass is 10.2. The van der Waals surface area contributed by atoms with E-state index in [1.54, 1.807) is 0 Å². The van der Waals surface area contributed by atoms with Crippen LogP contribution in [0.1, 0.15) is 25.7 Å². The molecule has 0 spiro atoms. The fraction of sp³-hybridized carbons (Fsp3) is 0.600. The molecule has 21 heavy (non-hydrogen) atoms. The van der Waals surface area contributed by atoms with E-state index >= 15 is 0 Å². The molecule has 0 saturated carbocycles. The van der Waals surface area contributed by atoms with Crippen LogP contribution in [0.4, 0.5) is 11.5 Å². The van der Waals surface area contributed by atoms with Crippen molar-refractivity contribution in [3.8, 4) is 0 Å². The first-order valence-corrected chi connectivity index (χ1v) is 8.09. The van der Waals surface area contributed by atoms with Crippen LogP contribution in [0.3, 0.4) is 0 Å². The first-order valence-electron chi connectivity index (χ1n) is 7.69. The Morgan fingerprint density at radius 2 is 2.19 bits per heavy atom. The lowest BCUT2D eigenvalue weighted by Crippen LogP contribution is -2.34. The normalized spacial score (nSPS) is 21.5. The van der Waals surface area contributed by atoms with Crippen molar-refractivity contribution in [1.82, 2.24) is 10.3 Å². The number of nitrogens with zero attached hydrogens (tertiary/aromatic N) is 2. The molecule has 0 aromatic carbocycles. The molecule has 3 heterocycles. The van der Waals surface area contributed by atoms with Crippen molar-refractivity contribution in [2.24, 2.45) is 0 Å². The molecular weight excluding hydrogens is 284 g/mol. The smallest absolute Gasteiger partial charge is 0.170 e. The topological polar surface area (TPSA) is 49.4 Å². The van der Waals surface area contributed by atoms with E-state index in [9.17, 15) is 0 Å². The molecule has 2 N–H and O–H groups in total. The molecule has 6 heteroatoms. The van der Waals surface area contributed by atoms with Gasteiger partial charge in [0, 0.05) is 26.2 Å². The number of ether oxygens (including phenoxy) is 1. The predicted octanol–water partition coefficient (Wildman–Crippen LogP) is 2.15. The maximum Gasteiger partial charge on any atom is 0.170 e. The van der Waals surface area contributed by atoms with E-state index < -0.39 is 0 Å². The average Bonchev–Trinajstić information content (AvgIpc) is 3.19. The van der Waals surface area contributed by atoms with Gasteiger partial charge in [-0.1, -0.05) is 0 Å². The zero-order valence-electron chi connectivity index (χ0n) is 12.2. The molecule has 3 rings (SSSR count). The summed E-state index contributed by atoms with van der Waals surface area (Å²) in [7, 11) is 0. The molecule has 2 aliphatic heterocycles. The van der Waals surface area contributed by atoms with E-state index in [1.165, 1.54) is 12.8 Å². The third-order valence-corrected chi connectivity index (χ3v) is 4.20. The van der Waals surface area contributed by atoms with Crippen molar-refractivity contribution in [1.29, 1.82) is 0 Å². The Hall–Kier alpha value is -1.40. The first kappa shape index (κ1) is 14.5. The van der Waals surface area contributed by atoms with Gasteiger partial charge in [-0.15, -0.1) is 0 Å². The van der Waals surface area contributed by atoms with Crippen molar-refractivity contribution in [3.05, 3.63) is 18.3 Å². The van der Waals surface area contributed by atoms with Crippen molar-refractivity contribution in [2.45, 2.75) is 31.8 Å². The van der Waals surface area contributed by atoms with Crippen LogP contribution in [0.25, 0.3) is 0 Å². The highest BCUT2D eigenvalue weighted by atomic mass is 32.1. The molecule has 0 radical (unpaired) electrons. The maximum absolute atomic E-state index is 5.56. The molecule has 1 aromatic heterocycles. The minimum absolute atomic E-state index is 0.292. The molecular formula is C15H22N4OS. The largest absolute Gasteiger partial charge is 0.376 e. The molecule has 2 aliphatic rings. The van der Waals surface area contributed by atoms with E-state index in [4.69, 9.17) is 17.0 Å². The molecule has 2 fully saturated rings. The highest BCUT2D eigenvalue weighted by Gasteiger charge is 2.15. The molecule has 1 aromatic rings. The van der Waals surface area contributed by atoms with Gasteiger partial charge in [-0.25, -0.2) is 4.98 Å². The van der Waals surface area contributed by atoms with E-state index in [-0.39, 0.29) is 0 Å². The Bertz CT molecular complexity index is 467. The number of aromatic nitrogens is 1. The van der Waals surface area contributed by atoms with E-state index in [1.807, 2.05) is 12.3 Å². The fourth-order valence-corrected chi connectivity index (χ4v) is 2.98. The minimum atomic E-state index is 0.292. The number of hydrogen-bond donors (Lipinski definition) is 2. The van der Waals surface area contributed by atoms with Crippen LogP contribution in [0, 0.1) is 0 Å². The van der Waals surface area contributed by atoms with Gasteiger partial charge in [0.1, 0.15) is 5.82 Å². The van der Waals surface area contributed by atoms with Crippen molar-refractivity contribution >= 4 is 28.8 Å². The van der Waals surface area contributed by atoms with Gasteiger partial charge in [-0.05, 0) is 50.0 Å². The zero-order valence-corrected chi connectivity index (χ0v) is 13.0. The lowest BCUT2D eigenvalue weighted by molar-refractivity contribution is 0.114. The molecule has 0 amide bonds. The second kappa shape index (κ2) is 7.04. The number of rotatable bonds is 4. The SMILES string of the molecule is S=C(NC[C@H]1CCCO1)Nc1ccc(N2CCCC2)nc1. The summed E-state index contributed by atoms with van der Waals surface area (Å²) in [6, 6.07) is 4.08. The molecule has 2 saturated heterocycles. The van der Waals surface area contributed by atoms with Gasteiger partial charge >= 0.3 is 0 Å². The summed E-state index contributed by atoms with van der Waals surface area (Å²) in [5, 5.41) is 6.99. The molecule has 0 bridgehead atoms. The summed E-state index contributed by atoms with van der Waals surface area (Å²) >= 11 is 5.29. The first-order chi connectivity index (χ1) is 10.3. The molecule has 0 unspecified atom stereocenters. The molecule has 5 nitrogen and oxygen atoms in total. The summed E-state index contributed by atoms with van der Waals surface area (Å²) in [6.07, 6.45) is 6.92. The summed E-state index contributed by atoms with van der Waals surface area (Å²) in [4.78, 5) is 6.82. The fourth-order valence-electron chi connectivity index (χ4n) is 2.78. The van der Waals surface area contributed by atoms with Gasteiger partial charge in [-0.3, -0.25) is 0 Å². The Balaban J connectivity index is 1.46. The van der Waals surface area contributed by atoms with Gasteiger partial charge in [0.05, 0.1) is 18.0 Å². The van der Waals surface area contributed by atoms with Crippen LogP contribution >= 0.6 is 12.2 Å². The quantitative estimate of drug-likeness (QED) is 0.831. The Morgan fingerprint density at radius 3 is 2.86 bits per heavy atom. The third kappa shape index (κ3) is 4.04. The Labute approximate surface area is 131 Å². The third-order valence-electron chi connectivity index (χ3n) is 3.95. The van der Waals surface area contributed by atoms with Crippen LogP contribution in [0.2, 0.25) is 0 Å². The van der Waals surface area contributed by atoms with Crippen LogP contribution in [0.15, 0.2) is 18.3 Å². The van der Waals surface area contributed by atoms with Gasteiger partial charge in [0.2, 0.25) is 0 Å². The number of nitrogens with one attached hydrogen (secondary N) is 2. The summed E-state index contributed by atoms with van der Waals surface area (Å²) in [5.41, 5.74) is 0.919. The van der Waals surface area contributed by atoms with Crippen LogP contribution in [-0.4, -0.2) is 42.4 Å². The molecule has 114 valence electrons. The van der Waals surface area contributed by atoms with Gasteiger partial charge in [0.15, 0.2) is 5.11 Å². The average molecular weight is 306 g/mol. The Morgan fingerprint density at radius 1 is 1.33 bits per heavy atom. The highest BCUT2D eigenvalue weighted by Crippen LogP contribution is 2.19. The van der Waals surface area contributed by atoms with Crippen LogP contribution in [-0.2, 0) is 4.74 Å². The second-order valence-electron chi connectivity index (χ2n) is 5.57. The predicted molar refractivity (Wildman–Crippen MR) is 88.9 cm³/mol. The monoisotopic (exact) mass is 306 g/mol. The van der Waals surface area contributed by atoms with E-state index in [0.29, 0.717) is 11.2 Å². The van der Waals surface area contributed by atoms with E-state index in [0.717, 1.165) is 50.6 Å². The minimum Gasteiger partial charge on any atom is -0.376 e. The lowest BCUT2D eigenvalue weighted by Gasteiger charge is -2.17. The molecule has 0 aliphatic carbocycles. The zero-order chi connectivity index (χ0) is 14.5. The van der Waals surface area contributed by atoms with Crippen molar-refractivity contribution < 1.29 is 4.74 Å². The van der Waals surface area contributed by atoms with Crippen LogP contribution in [0.5, 0.6) is 0 Å². The van der Waals surface area contributed by atoms with Crippen LogP contribution < -0.4 is 15.5 Å². The number of thiocarbonyl (C=S) groups is 1. The highest BCUT2D eigenvalue weighted by molar-refractivity contribution is 7.80. The van der Waals surface area contributed by atoms with E-state index in [2.05, 4.69) is 26.6 Å². The number of pyridine rings is 1. The number of anilines is 2. The molecule has 1 atom stereocenters. The second-order valence-corrected chi connectivity index (χ2v) is 5.98. The van der Waals surface area contributed by atoms with Gasteiger partial charge in [-0.2, -0.15) is 0 Å². The van der Waals surface area contributed by atoms with Gasteiger partial charge < -0.3 is 20.3 Å². The summed E-state index contributed by atoms with van der Waals surface area (Å²) in [6.45, 7) is 3.86.